The first-order valence-electron chi connectivity index (χ1n) is 4.38. The van der Waals surface area contributed by atoms with Crippen LogP contribution in [-0.2, 0) is 0 Å². The standard InChI is InChI=1S/C12H14O/c1-4-6-9(2)12-10(3)7-5-8-11(12)13/h1,5,7-9,13H,6H2,2-3H3. The molecule has 1 aromatic carbocycles. The van der Waals surface area contributed by atoms with Crippen LogP contribution in [-0.4, -0.2) is 5.11 Å². The average Bonchev–Trinajstić information content (AvgIpc) is 2.04. The molecule has 0 aliphatic carbocycles. The van der Waals surface area contributed by atoms with Crippen molar-refractivity contribution in [3.05, 3.63) is 29.3 Å². The van der Waals surface area contributed by atoms with E-state index in [9.17, 15) is 5.11 Å². The first kappa shape index (κ1) is 9.67. The van der Waals surface area contributed by atoms with Crippen molar-refractivity contribution in [2.45, 2.75) is 26.2 Å². The summed E-state index contributed by atoms with van der Waals surface area (Å²) in [4.78, 5) is 0. The quantitative estimate of drug-likeness (QED) is 0.683. The van der Waals surface area contributed by atoms with Gasteiger partial charge in [0.1, 0.15) is 5.75 Å². The molecule has 0 heterocycles. The third-order valence-corrected chi connectivity index (χ3v) is 2.22. The van der Waals surface area contributed by atoms with Crippen molar-refractivity contribution in [2.75, 3.05) is 0 Å². The second-order valence-electron chi connectivity index (χ2n) is 3.32. The van der Waals surface area contributed by atoms with E-state index in [0.717, 1.165) is 11.1 Å². The Kier molecular flexibility index (Phi) is 2.97. The summed E-state index contributed by atoms with van der Waals surface area (Å²) in [5.41, 5.74) is 2.07. The van der Waals surface area contributed by atoms with E-state index in [1.54, 1.807) is 6.07 Å². The normalized spacial score (nSPS) is 12.1. The fraction of sp³-hybridized carbons (Fsp3) is 0.333. The molecule has 0 fully saturated rings. The molecule has 1 atom stereocenters. The molecule has 0 spiro atoms. The molecule has 1 heteroatoms. The first-order valence-corrected chi connectivity index (χ1v) is 4.38. The highest BCUT2D eigenvalue weighted by Crippen LogP contribution is 2.30. The van der Waals surface area contributed by atoms with Crippen molar-refractivity contribution < 1.29 is 5.11 Å². The van der Waals surface area contributed by atoms with Crippen molar-refractivity contribution in [1.82, 2.24) is 0 Å². The molecule has 0 radical (unpaired) electrons. The summed E-state index contributed by atoms with van der Waals surface area (Å²) in [6.07, 6.45) is 5.90. The molecule has 0 aliphatic heterocycles. The van der Waals surface area contributed by atoms with E-state index in [-0.39, 0.29) is 5.92 Å². The fourth-order valence-corrected chi connectivity index (χ4v) is 1.59. The van der Waals surface area contributed by atoms with Crippen LogP contribution in [0.1, 0.15) is 30.4 Å². The molecule has 0 saturated heterocycles. The van der Waals surface area contributed by atoms with Gasteiger partial charge < -0.3 is 5.11 Å². The molecule has 1 N–H and O–H groups in total. The van der Waals surface area contributed by atoms with Crippen molar-refractivity contribution in [3.8, 4) is 18.1 Å². The van der Waals surface area contributed by atoms with Gasteiger partial charge in [0.15, 0.2) is 0 Å². The lowest BCUT2D eigenvalue weighted by atomic mass is 9.93. The van der Waals surface area contributed by atoms with Crippen LogP contribution in [0.5, 0.6) is 5.75 Å². The zero-order valence-electron chi connectivity index (χ0n) is 8.04. The lowest BCUT2D eigenvalue weighted by Crippen LogP contribution is -1.95. The summed E-state index contributed by atoms with van der Waals surface area (Å²) >= 11 is 0. The number of terminal acetylenes is 1. The van der Waals surface area contributed by atoms with Crippen LogP contribution in [0.2, 0.25) is 0 Å². The van der Waals surface area contributed by atoms with Gasteiger partial charge in [-0.05, 0) is 24.5 Å². The highest BCUT2D eigenvalue weighted by Gasteiger charge is 2.11. The Morgan fingerprint density at radius 1 is 1.54 bits per heavy atom. The number of benzene rings is 1. The van der Waals surface area contributed by atoms with E-state index >= 15 is 0 Å². The van der Waals surface area contributed by atoms with Gasteiger partial charge in [0.25, 0.3) is 0 Å². The molecule has 1 rings (SSSR count). The number of phenolic OH excluding ortho intramolecular Hbond substituents is 1. The van der Waals surface area contributed by atoms with E-state index in [2.05, 4.69) is 5.92 Å². The van der Waals surface area contributed by atoms with Crippen LogP contribution in [0, 0.1) is 19.3 Å². The van der Waals surface area contributed by atoms with Gasteiger partial charge in [-0.2, -0.15) is 0 Å². The predicted octanol–water partition coefficient (Wildman–Crippen LogP) is 2.83. The summed E-state index contributed by atoms with van der Waals surface area (Å²) in [5.74, 6) is 3.19. The lowest BCUT2D eigenvalue weighted by Gasteiger charge is -2.13. The van der Waals surface area contributed by atoms with Gasteiger partial charge in [-0.25, -0.2) is 0 Å². The number of rotatable bonds is 2. The van der Waals surface area contributed by atoms with Gasteiger partial charge in [0, 0.05) is 12.0 Å². The van der Waals surface area contributed by atoms with E-state index in [0.29, 0.717) is 12.2 Å². The minimum atomic E-state index is 0.228. The van der Waals surface area contributed by atoms with Crippen molar-refractivity contribution in [2.24, 2.45) is 0 Å². The summed E-state index contributed by atoms with van der Waals surface area (Å²) in [6.45, 7) is 4.02. The van der Waals surface area contributed by atoms with E-state index in [1.807, 2.05) is 26.0 Å². The minimum absolute atomic E-state index is 0.228. The van der Waals surface area contributed by atoms with Gasteiger partial charge in [0.05, 0.1) is 0 Å². The average molecular weight is 174 g/mol. The van der Waals surface area contributed by atoms with Gasteiger partial charge in [-0.15, -0.1) is 12.3 Å². The summed E-state index contributed by atoms with van der Waals surface area (Å²) < 4.78 is 0. The summed E-state index contributed by atoms with van der Waals surface area (Å²) in [5, 5.41) is 9.62. The Labute approximate surface area is 79.4 Å². The zero-order valence-corrected chi connectivity index (χ0v) is 8.04. The van der Waals surface area contributed by atoms with Crippen LogP contribution >= 0.6 is 0 Å². The molecule has 1 unspecified atom stereocenters. The van der Waals surface area contributed by atoms with Crippen molar-refractivity contribution in [3.63, 3.8) is 0 Å². The highest BCUT2D eigenvalue weighted by molar-refractivity contribution is 5.41. The number of hydrogen-bond donors (Lipinski definition) is 1. The van der Waals surface area contributed by atoms with Gasteiger partial charge in [-0.1, -0.05) is 19.1 Å². The van der Waals surface area contributed by atoms with Crippen molar-refractivity contribution >= 4 is 0 Å². The molecular formula is C12H14O. The third-order valence-electron chi connectivity index (χ3n) is 2.22. The molecule has 0 aliphatic rings. The molecular weight excluding hydrogens is 160 g/mol. The molecule has 1 nitrogen and oxygen atoms in total. The maximum absolute atomic E-state index is 9.62. The maximum Gasteiger partial charge on any atom is 0.119 e. The molecule has 0 aromatic heterocycles. The first-order chi connectivity index (χ1) is 6.16. The zero-order chi connectivity index (χ0) is 9.84. The van der Waals surface area contributed by atoms with Crippen LogP contribution in [0.4, 0.5) is 0 Å². The SMILES string of the molecule is C#CCC(C)c1c(C)cccc1O. The lowest BCUT2D eigenvalue weighted by molar-refractivity contribution is 0.462. The van der Waals surface area contributed by atoms with Gasteiger partial charge >= 0.3 is 0 Å². The Hall–Kier alpha value is -1.42. The summed E-state index contributed by atoms with van der Waals surface area (Å²) in [6, 6.07) is 5.54. The largest absolute Gasteiger partial charge is 0.508 e. The highest BCUT2D eigenvalue weighted by atomic mass is 16.3. The molecule has 68 valence electrons. The number of hydrogen-bond acceptors (Lipinski definition) is 1. The topological polar surface area (TPSA) is 20.2 Å². The molecule has 0 amide bonds. The van der Waals surface area contributed by atoms with Crippen LogP contribution in [0.25, 0.3) is 0 Å². The predicted molar refractivity (Wildman–Crippen MR) is 54.7 cm³/mol. The van der Waals surface area contributed by atoms with Crippen LogP contribution in [0.3, 0.4) is 0 Å². The summed E-state index contributed by atoms with van der Waals surface area (Å²) in [7, 11) is 0. The molecule has 13 heavy (non-hydrogen) atoms. The monoisotopic (exact) mass is 174 g/mol. The van der Waals surface area contributed by atoms with E-state index < -0.39 is 0 Å². The Morgan fingerprint density at radius 3 is 2.77 bits per heavy atom. The molecule has 0 saturated carbocycles. The molecule has 1 aromatic rings. The Bertz CT molecular complexity index is 313. The number of phenols is 1. The van der Waals surface area contributed by atoms with Gasteiger partial charge in [-0.3, -0.25) is 0 Å². The minimum Gasteiger partial charge on any atom is -0.508 e. The van der Waals surface area contributed by atoms with Crippen LogP contribution in [0.15, 0.2) is 18.2 Å². The third kappa shape index (κ3) is 2.03. The molecule has 0 bridgehead atoms. The van der Waals surface area contributed by atoms with E-state index in [4.69, 9.17) is 6.42 Å². The fourth-order valence-electron chi connectivity index (χ4n) is 1.59. The van der Waals surface area contributed by atoms with Gasteiger partial charge in [0.2, 0.25) is 0 Å². The Morgan fingerprint density at radius 2 is 2.23 bits per heavy atom. The van der Waals surface area contributed by atoms with E-state index in [1.165, 1.54) is 0 Å². The van der Waals surface area contributed by atoms with Crippen molar-refractivity contribution in [1.29, 1.82) is 0 Å². The number of aromatic hydroxyl groups is 1. The number of aryl methyl sites for hydroxylation is 1. The smallest absolute Gasteiger partial charge is 0.119 e. The van der Waals surface area contributed by atoms with Crippen LogP contribution < -0.4 is 0 Å². The maximum atomic E-state index is 9.62. The second-order valence-corrected chi connectivity index (χ2v) is 3.32. The Balaban J connectivity index is 3.06. The second kappa shape index (κ2) is 4.00.